The summed E-state index contributed by atoms with van der Waals surface area (Å²) >= 11 is 0. The van der Waals surface area contributed by atoms with Crippen molar-refractivity contribution in [2.45, 2.75) is 37.1 Å². The Morgan fingerprint density at radius 2 is 1.62 bits per heavy atom. The maximum atomic E-state index is 11.8. The highest BCUT2D eigenvalue weighted by molar-refractivity contribution is 5.93. The summed E-state index contributed by atoms with van der Waals surface area (Å²) in [7, 11) is 2.73. The summed E-state index contributed by atoms with van der Waals surface area (Å²) in [6.07, 6.45) is -5.70. The van der Waals surface area contributed by atoms with Gasteiger partial charge in [-0.2, -0.15) is 0 Å². The van der Waals surface area contributed by atoms with Crippen molar-refractivity contribution in [1.29, 1.82) is 0 Å². The standard InChI is InChI=1S/C24H28O10/c1-31-16-10-14(9-15(23(29)30)8-13-6-4-3-5-7-13)11-17(32-2)22(16)34-24-21(28)20(27)19(26)18(12-25)33-24/h3-7,9-11,18-21,24-28H,8,12H2,1-2H3,(H,29,30)/t18-,19-,20+,21-,24+/m1/s1. The van der Waals surface area contributed by atoms with Crippen LogP contribution in [0.5, 0.6) is 17.2 Å². The van der Waals surface area contributed by atoms with E-state index in [0.717, 1.165) is 5.56 Å². The van der Waals surface area contributed by atoms with Gasteiger partial charge in [0.15, 0.2) is 11.5 Å². The third-order valence-corrected chi connectivity index (χ3v) is 5.42. The molecule has 5 atom stereocenters. The number of hydrogen-bond donors (Lipinski definition) is 5. The first-order valence-electron chi connectivity index (χ1n) is 10.5. The molecule has 1 aliphatic heterocycles. The molecule has 2 aromatic carbocycles. The van der Waals surface area contributed by atoms with Crippen molar-refractivity contribution in [2.75, 3.05) is 20.8 Å². The van der Waals surface area contributed by atoms with Crippen molar-refractivity contribution in [3.63, 3.8) is 0 Å². The van der Waals surface area contributed by atoms with E-state index in [1.54, 1.807) is 0 Å². The zero-order chi connectivity index (χ0) is 24.8. The van der Waals surface area contributed by atoms with Crippen LogP contribution in [0.2, 0.25) is 0 Å². The molecule has 5 N–H and O–H groups in total. The lowest BCUT2D eigenvalue weighted by Crippen LogP contribution is -2.60. The van der Waals surface area contributed by atoms with Gasteiger partial charge in [-0.15, -0.1) is 0 Å². The first kappa shape index (κ1) is 25.5. The van der Waals surface area contributed by atoms with Crippen molar-refractivity contribution in [2.24, 2.45) is 0 Å². The number of aliphatic carboxylic acids is 1. The molecule has 1 aliphatic rings. The summed E-state index contributed by atoms with van der Waals surface area (Å²) in [5.41, 5.74) is 1.43. The first-order chi connectivity index (χ1) is 16.3. The van der Waals surface area contributed by atoms with Crippen molar-refractivity contribution in [3.05, 3.63) is 59.2 Å². The molecule has 0 bridgehead atoms. The van der Waals surface area contributed by atoms with Gasteiger partial charge in [-0.3, -0.25) is 0 Å². The quantitative estimate of drug-likeness (QED) is 0.325. The lowest BCUT2D eigenvalue weighted by molar-refractivity contribution is -0.277. The summed E-state index contributed by atoms with van der Waals surface area (Å²) < 4.78 is 21.9. The minimum atomic E-state index is -1.63. The van der Waals surface area contributed by atoms with Crippen LogP contribution in [-0.4, -0.2) is 83.0 Å². The number of carbonyl (C=O) groups is 1. The molecule has 3 rings (SSSR count). The lowest BCUT2D eigenvalue weighted by atomic mass is 9.99. The zero-order valence-electron chi connectivity index (χ0n) is 18.7. The highest BCUT2D eigenvalue weighted by Gasteiger charge is 2.45. The number of aliphatic hydroxyl groups excluding tert-OH is 4. The van der Waals surface area contributed by atoms with Crippen LogP contribution in [0, 0.1) is 0 Å². The summed E-state index contributed by atoms with van der Waals surface area (Å²) in [6, 6.07) is 12.2. The van der Waals surface area contributed by atoms with Crippen LogP contribution in [0.1, 0.15) is 11.1 Å². The zero-order valence-corrected chi connectivity index (χ0v) is 18.7. The molecular weight excluding hydrogens is 448 g/mol. The molecule has 184 valence electrons. The highest BCUT2D eigenvalue weighted by atomic mass is 16.7. The average molecular weight is 476 g/mol. The van der Waals surface area contributed by atoms with Crippen LogP contribution in [0.4, 0.5) is 0 Å². The van der Waals surface area contributed by atoms with Crippen LogP contribution >= 0.6 is 0 Å². The Labute approximate surface area is 196 Å². The van der Waals surface area contributed by atoms with Crippen LogP contribution in [0.3, 0.4) is 0 Å². The number of carboxylic acids is 1. The molecule has 10 nitrogen and oxygen atoms in total. The second-order valence-corrected chi connectivity index (χ2v) is 7.71. The number of aliphatic hydroxyl groups is 4. The van der Waals surface area contributed by atoms with Gasteiger partial charge in [0.05, 0.1) is 20.8 Å². The Balaban J connectivity index is 1.94. The minimum absolute atomic E-state index is 0.0198. The Hall–Kier alpha value is -3.15. The summed E-state index contributed by atoms with van der Waals surface area (Å²) in [5, 5.41) is 49.3. The number of ether oxygens (including phenoxy) is 4. The molecule has 1 fully saturated rings. The number of rotatable bonds is 9. The molecule has 1 saturated heterocycles. The monoisotopic (exact) mass is 476 g/mol. The predicted molar refractivity (Wildman–Crippen MR) is 120 cm³/mol. The van der Waals surface area contributed by atoms with E-state index in [2.05, 4.69) is 0 Å². The molecule has 0 unspecified atom stereocenters. The van der Waals surface area contributed by atoms with E-state index in [1.165, 1.54) is 32.4 Å². The fraction of sp³-hybridized carbons (Fsp3) is 0.375. The van der Waals surface area contributed by atoms with Crippen molar-refractivity contribution in [3.8, 4) is 17.2 Å². The summed E-state index contributed by atoms with van der Waals surface area (Å²) in [5.74, 6) is -0.770. The van der Waals surface area contributed by atoms with Gasteiger partial charge in [-0.1, -0.05) is 30.3 Å². The number of hydrogen-bond acceptors (Lipinski definition) is 9. The molecule has 1 heterocycles. The molecule has 10 heteroatoms. The van der Waals surface area contributed by atoms with E-state index < -0.39 is 43.3 Å². The van der Waals surface area contributed by atoms with Crippen LogP contribution in [0.25, 0.3) is 6.08 Å². The van der Waals surface area contributed by atoms with Gasteiger partial charge in [0.2, 0.25) is 12.0 Å². The van der Waals surface area contributed by atoms with Crippen LogP contribution < -0.4 is 14.2 Å². The second kappa shape index (κ2) is 11.3. The number of methoxy groups -OCH3 is 2. The normalized spacial score (nSPS) is 25.0. The third-order valence-electron chi connectivity index (χ3n) is 5.42. The average Bonchev–Trinajstić information content (AvgIpc) is 2.84. The summed E-state index contributed by atoms with van der Waals surface area (Å²) in [6.45, 7) is -0.609. The molecule has 0 aliphatic carbocycles. The predicted octanol–water partition coefficient (Wildman–Crippen LogP) is 0.593. The molecule has 0 amide bonds. The minimum Gasteiger partial charge on any atom is -0.493 e. The molecular formula is C24H28O10. The Kier molecular flexibility index (Phi) is 8.48. The molecule has 0 aromatic heterocycles. The van der Waals surface area contributed by atoms with Gasteiger partial charge in [-0.25, -0.2) is 4.79 Å². The van der Waals surface area contributed by atoms with Crippen molar-refractivity contribution < 1.29 is 49.3 Å². The third kappa shape index (κ3) is 5.66. The Morgan fingerprint density at radius 3 is 2.15 bits per heavy atom. The van der Waals surface area contributed by atoms with Crippen LogP contribution in [0.15, 0.2) is 48.0 Å². The van der Waals surface area contributed by atoms with E-state index in [0.29, 0.717) is 5.56 Å². The van der Waals surface area contributed by atoms with Gasteiger partial charge in [0.1, 0.15) is 24.4 Å². The molecule has 34 heavy (non-hydrogen) atoms. The lowest BCUT2D eigenvalue weighted by Gasteiger charge is -2.39. The van der Waals surface area contributed by atoms with Gasteiger partial charge in [-0.05, 0) is 29.3 Å². The number of benzene rings is 2. The Bertz CT molecular complexity index is 979. The smallest absolute Gasteiger partial charge is 0.331 e. The van der Waals surface area contributed by atoms with E-state index in [-0.39, 0.29) is 29.2 Å². The van der Waals surface area contributed by atoms with Gasteiger partial charge >= 0.3 is 5.97 Å². The van der Waals surface area contributed by atoms with Crippen molar-refractivity contribution in [1.82, 2.24) is 0 Å². The molecule has 0 spiro atoms. The van der Waals surface area contributed by atoms with E-state index >= 15 is 0 Å². The number of carboxylic acid groups (broad SMARTS) is 1. The fourth-order valence-electron chi connectivity index (χ4n) is 3.59. The summed E-state index contributed by atoms with van der Waals surface area (Å²) in [4.78, 5) is 11.8. The molecule has 2 aromatic rings. The Morgan fingerprint density at radius 1 is 1.00 bits per heavy atom. The first-order valence-corrected chi connectivity index (χ1v) is 10.5. The van der Waals surface area contributed by atoms with Crippen LogP contribution in [-0.2, 0) is 16.0 Å². The van der Waals surface area contributed by atoms with Gasteiger partial charge in [0, 0.05) is 12.0 Å². The topological polar surface area (TPSA) is 155 Å². The van der Waals surface area contributed by atoms with E-state index in [9.17, 15) is 30.3 Å². The van der Waals surface area contributed by atoms with Gasteiger partial charge in [0.25, 0.3) is 0 Å². The molecule has 0 saturated carbocycles. The maximum Gasteiger partial charge on any atom is 0.331 e. The largest absolute Gasteiger partial charge is 0.493 e. The SMILES string of the molecule is COc1cc(C=C(Cc2ccccc2)C(=O)O)cc(OC)c1O[C@@H]1O[C@H](CO)[C@@H](O)[C@H](O)[C@H]1O. The van der Waals surface area contributed by atoms with Crippen molar-refractivity contribution >= 4 is 12.0 Å². The van der Waals surface area contributed by atoms with Gasteiger partial charge < -0.3 is 44.5 Å². The van der Waals surface area contributed by atoms with E-state index in [1.807, 2.05) is 30.3 Å². The second-order valence-electron chi connectivity index (χ2n) is 7.71. The maximum absolute atomic E-state index is 11.8. The van der Waals surface area contributed by atoms with E-state index in [4.69, 9.17) is 18.9 Å². The molecule has 0 radical (unpaired) electrons. The fourth-order valence-corrected chi connectivity index (χ4v) is 3.59. The highest BCUT2D eigenvalue weighted by Crippen LogP contribution is 2.41.